The van der Waals surface area contributed by atoms with Gasteiger partial charge in [0.2, 0.25) is 0 Å². The van der Waals surface area contributed by atoms with Gasteiger partial charge in [-0.05, 0) is 35.9 Å². The van der Waals surface area contributed by atoms with Crippen LogP contribution in [0.15, 0.2) is 83.0 Å². The van der Waals surface area contributed by atoms with Crippen LogP contribution in [-0.4, -0.2) is 21.0 Å². The second-order valence-corrected chi connectivity index (χ2v) is 7.64. The number of fused-ring (bicyclic) bond motifs is 1. The summed E-state index contributed by atoms with van der Waals surface area (Å²) in [6.07, 6.45) is 5.56. The molecule has 0 aliphatic heterocycles. The number of rotatable bonds is 7. The lowest BCUT2D eigenvalue weighted by Crippen LogP contribution is -2.00. The largest absolute Gasteiger partial charge is 0.372 e. The van der Waals surface area contributed by atoms with Crippen LogP contribution in [-0.2, 0) is 6.54 Å². The fourth-order valence-electron chi connectivity index (χ4n) is 3.22. The summed E-state index contributed by atoms with van der Waals surface area (Å²) >= 11 is 1.38. The summed E-state index contributed by atoms with van der Waals surface area (Å²) in [4.78, 5) is 16.8. The van der Waals surface area contributed by atoms with Gasteiger partial charge < -0.3 is 9.88 Å². The maximum Gasteiger partial charge on any atom is 0.283 e. The van der Waals surface area contributed by atoms with E-state index in [2.05, 4.69) is 20.9 Å². The molecule has 0 atom stereocenters. The molecule has 0 aliphatic rings. The molecule has 7 nitrogen and oxygen atoms in total. The average molecular weight is 415 g/mol. The summed E-state index contributed by atoms with van der Waals surface area (Å²) in [7, 11) is 0. The number of anilines is 1. The minimum absolute atomic E-state index is 0.0861. The molecule has 0 fully saturated rings. The van der Waals surface area contributed by atoms with Crippen molar-refractivity contribution < 1.29 is 4.92 Å². The van der Waals surface area contributed by atoms with Crippen LogP contribution in [0.2, 0.25) is 0 Å². The highest BCUT2D eigenvalue weighted by molar-refractivity contribution is 7.99. The number of pyridine rings is 1. The Morgan fingerprint density at radius 1 is 1.17 bits per heavy atom. The Kier molecular flexibility index (Phi) is 5.63. The standard InChI is InChI=1S/C22H17N5O2S/c23-9-11-25-17-7-8-18-20(12-17)26(14-16-4-3-10-24-13-16)15-22(18)30-21-6-2-1-5-19(21)27(28)29/h1-8,10,12-13,15,25H,11,14H2. The Bertz CT molecular complexity index is 1250. The fraction of sp³-hybridized carbons (Fsp3) is 0.0909. The molecule has 0 spiro atoms. The predicted octanol–water partition coefficient (Wildman–Crippen LogP) is 5.08. The van der Waals surface area contributed by atoms with Crippen LogP contribution < -0.4 is 5.32 Å². The Hall–Kier alpha value is -3.83. The maximum atomic E-state index is 11.4. The highest BCUT2D eigenvalue weighted by Gasteiger charge is 2.17. The van der Waals surface area contributed by atoms with E-state index in [-0.39, 0.29) is 17.2 Å². The molecule has 148 valence electrons. The minimum Gasteiger partial charge on any atom is -0.372 e. The van der Waals surface area contributed by atoms with Gasteiger partial charge in [-0.25, -0.2) is 0 Å². The molecule has 4 rings (SSSR count). The van der Waals surface area contributed by atoms with Crippen LogP contribution >= 0.6 is 11.8 Å². The Morgan fingerprint density at radius 2 is 2.03 bits per heavy atom. The van der Waals surface area contributed by atoms with Crippen molar-refractivity contribution in [1.29, 1.82) is 5.26 Å². The van der Waals surface area contributed by atoms with Gasteiger partial charge in [0.1, 0.15) is 6.54 Å². The van der Waals surface area contributed by atoms with Gasteiger partial charge in [-0.15, -0.1) is 0 Å². The summed E-state index contributed by atoms with van der Waals surface area (Å²) in [5.41, 5.74) is 2.95. The molecule has 8 heteroatoms. The number of nitrogens with one attached hydrogen (secondary N) is 1. The quantitative estimate of drug-likeness (QED) is 0.257. The van der Waals surface area contributed by atoms with Gasteiger partial charge in [-0.1, -0.05) is 30.0 Å². The molecule has 30 heavy (non-hydrogen) atoms. The zero-order valence-corrected chi connectivity index (χ0v) is 16.7. The third-order valence-corrected chi connectivity index (χ3v) is 5.69. The number of benzene rings is 2. The van der Waals surface area contributed by atoms with E-state index in [0.29, 0.717) is 11.4 Å². The van der Waals surface area contributed by atoms with Crippen LogP contribution in [0.25, 0.3) is 10.9 Å². The highest BCUT2D eigenvalue weighted by atomic mass is 32.2. The molecule has 0 saturated heterocycles. The van der Waals surface area contributed by atoms with Gasteiger partial charge in [-0.2, -0.15) is 5.26 Å². The summed E-state index contributed by atoms with van der Waals surface area (Å²) in [6.45, 7) is 0.829. The number of hydrogen-bond donors (Lipinski definition) is 1. The summed E-state index contributed by atoms with van der Waals surface area (Å²) < 4.78 is 2.10. The van der Waals surface area contributed by atoms with E-state index >= 15 is 0 Å². The second kappa shape index (κ2) is 8.68. The van der Waals surface area contributed by atoms with Crippen molar-refractivity contribution in [2.24, 2.45) is 0 Å². The summed E-state index contributed by atoms with van der Waals surface area (Å²) in [5, 5.41) is 24.3. The lowest BCUT2D eigenvalue weighted by Gasteiger charge is -2.07. The Morgan fingerprint density at radius 3 is 2.80 bits per heavy atom. The molecule has 0 radical (unpaired) electrons. The van der Waals surface area contributed by atoms with Crippen LogP contribution in [0.1, 0.15) is 5.56 Å². The number of para-hydroxylation sites is 1. The summed E-state index contributed by atoms with van der Waals surface area (Å²) in [6, 6.07) is 18.6. The van der Waals surface area contributed by atoms with Crippen molar-refractivity contribution >= 4 is 34.0 Å². The van der Waals surface area contributed by atoms with Gasteiger partial charge in [0.25, 0.3) is 5.69 Å². The van der Waals surface area contributed by atoms with Crippen molar-refractivity contribution in [3.63, 3.8) is 0 Å². The van der Waals surface area contributed by atoms with Crippen LogP contribution in [0.4, 0.5) is 11.4 Å². The molecule has 0 bridgehead atoms. The van der Waals surface area contributed by atoms with Crippen molar-refractivity contribution in [2.45, 2.75) is 16.3 Å². The second-order valence-electron chi connectivity index (χ2n) is 6.55. The van der Waals surface area contributed by atoms with Gasteiger partial charge in [0.05, 0.1) is 21.4 Å². The van der Waals surface area contributed by atoms with Crippen LogP contribution in [0.3, 0.4) is 0 Å². The zero-order valence-electron chi connectivity index (χ0n) is 15.9. The van der Waals surface area contributed by atoms with Gasteiger partial charge >= 0.3 is 0 Å². The molecule has 0 amide bonds. The molecule has 2 aromatic heterocycles. The van der Waals surface area contributed by atoms with E-state index in [1.54, 1.807) is 24.4 Å². The van der Waals surface area contributed by atoms with E-state index in [9.17, 15) is 10.1 Å². The lowest BCUT2D eigenvalue weighted by molar-refractivity contribution is -0.387. The highest BCUT2D eigenvalue weighted by Crippen LogP contribution is 2.39. The van der Waals surface area contributed by atoms with E-state index in [1.165, 1.54) is 17.8 Å². The fourth-order valence-corrected chi connectivity index (χ4v) is 4.32. The SMILES string of the molecule is N#CCNc1ccc2c(Sc3ccccc3[N+](=O)[O-])cn(Cc3cccnc3)c2c1. The van der Waals surface area contributed by atoms with Crippen LogP contribution in [0, 0.1) is 21.4 Å². The van der Waals surface area contributed by atoms with E-state index < -0.39 is 0 Å². The normalized spacial score (nSPS) is 10.6. The lowest BCUT2D eigenvalue weighted by atomic mass is 10.2. The van der Waals surface area contributed by atoms with Crippen molar-refractivity contribution in [3.8, 4) is 6.07 Å². The van der Waals surface area contributed by atoms with E-state index in [4.69, 9.17) is 5.26 Å². The first-order chi connectivity index (χ1) is 14.7. The van der Waals surface area contributed by atoms with Gasteiger partial charge in [0, 0.05) is 47.2 Å². The molecule has 2 heterocycles. The molecule has 1 N–H and O–H groups in total. The third kappa shape index (κ3) is 4.11. The van der Waals surface area contributed by atoms with E-state index in [0.717, 1.165) is 27.0 Å². The zero-order chi connectivity index (χ0) is 20.9. The van der Waals surface area contributed by atoms with Crippen LogP contribution in [0.5, 0.6) is 0 Å². The summed E-state index contributed by atoms with van der Waals surface area (Å²) in [5.74, 6) is 0. The van der Waals surface area contributed by atoms with Gasteiger partial charge in [0.15, 0.2) is 0 Å². The molecule has 0 aliphatic carbocycles. The average Bonchev–Trinajstić information content (AvgIpc) is 3.09. The number of hydrogen-bond acceptors (Lipinski definition) is 6. The predicted molar refractivity (Wildman–Crippen MR) is 117 cm³/mol. The van der Waals surface area contributed by atoms with E-state index in [1.807, 2.05) is 42.7 Å². The molecule has 2 aromatic carbocycles. The number of nitro benzene ring substituents is 1. The number of nitro groups is 1. The molecule has 0 saturated carbocycles. The molecule has 4 aromatic rings. The molecular formula is C22H17N5O2S. The topological polar surface area (TPSA) is 96.8 Å². The monoisotopic (exact) mass is 415 g/mol. The number of aromatic nitrogens is 2. The first-order valence-electron chi connectivity index (χ1n) is 9.19. The molecular weight excluding hydrogens is 398 g/mol. The Labute approximate surface area is 177 Å². The third-order valence-electron chi connectivity index (χ3n) is 4.57. The van der Waals surface area contributed by atoms with Gasteiger partial charge in [-0.3, -0.25) is 15.1 Å². The smallest absolute Gasteiger partial charge is 0.283 e. The number of nitriles is 1. The first-order valence-corrected chi connectivity index (χ1v) is 10.0. The van der Waals surface area contributed by atoms with Crippen molar-refractivity contribution in [2.75, 3.05) is 11.9 Å². The van der Waals surface area contributed by atoms with Crippen molar-refractivity contribution in [3.05, 3.63) is 88.9 Å². The first kappa shape index (κ1) is 19.5. The molecule has 0 unspecified atom stereocenters. The minimum atomic E-state index is -0.360. The Balaban J connectivity index is 1.78. The maximum absolute atomic E-state index is 11.4. The number of nitrogens with zero attached hydrogens (tertiary/aromatic N) is 4. The van der Waals surface area contributed by atoms with Crippen molar-refractivity contribution in [1.82, 2.24) is 9.55 Å².